The van der Waals surface area contributed by atoms with Gasteiger partial charge in [-0.15, -0.1) is 0 Å². The van der Waals surface area contributed by atoms with Gasteiger partial charge in [0.05, 0.1) is 0 Å². The van der Waals surface area contributed by atoms with E-state index < -0.39 is 0 Å². The summed E-state index contributed by atoms with van der Waals surface area (Å²) in [7, 11) is 0. The number of aromatic nitrogens is 1. The average Bonchev–Trinajstić information content (AvgIpc) is 2.45. The second kappa shape index (κ2) is 6.87. The first-order valence-electron chi connectivity index (χ1n) is 6.44. The van der Waals surface area contributed by atoms with E-state index in [4.69, 9.17) is 11.6 Å². The number of hydrogen-bond donors (Lipinski definition) is 0. The minimum absolute atomic E-state index is 0. The smallest absolute Gasteiger partial charge is 0.212 e. The van der Waals surface area contributed by atoms with Gasteiger partial charge in [-0.05, 0) is 23.8 Å². The van der Waals surface area contributed by atoms with Crippen molar-refractivity contribution in [3.05, 3.63) is 77.4 Å². The van der Waals surface area contributed by atoms with Crippen molar-refractivity contribution in [2.75, 3.05) is 0 Å². The molecule has 20 heavy (non-hydrogen) atoms. The van der Waals surface area contributed by atoms with Gasteiger partial charge < -0.3 is 17.0 Å². The van der Waals surface area contributed by atoms with Crippen LogP contribution in [0.1, 0.15) is 5.56 Å². The van der Waals surface area contributed by atoms with Crippen molar-refractivity contribution < 1.29 is 21.5 Å². The maximum absolute atomic E-state index is 6.03. The van der Waals surface area contributed by atoms with Crippen LogP contribution in [0.15, 0.2) is 66.9 Å². The molecule has 0 bridgehead atoms. The molecular formula is C17H15BrClN. The molecule has 0 aliphatic carbocycles. The van der Waals surface area contributed by atoms with E-state index in [2.05, 4.69) is 59.3 Å². The molecule has 0 atom stereocenters. The predicted octanol–water partition coefficient (Wildman–Crippen LogP) is 1.03. The molecule has 0 aliphatic rings. The van der Waals surface area contributed by atoms with E-state index in [1.165, 1.54) is 16.5 Å². The standard InChI is InChI=1S/C17H15ClN.BrH/c18-16-8-9-17-15(13-16)7-4-11-19(17)12-10-14-5-2-1-3-6-14;/h1-9,11,13H,10,12H2;1H/q+1;/p-1. The fourth-order valence-electron chi connectivity index (χ4n) is 2.34. The zero-order valence-corrected chi connectivity index (χ0v) is 13.3. The molecule has 0 saturated carbocycles. The number of aryl methyl sites for hydroxylation is 2. The Hall–Kier alpha value is -1.38. The highest BCUT2D eigenvalue weighted by atomic mass is 79.9. The number of benzene rings is 2. The van der Waals surface area contributed by atoms with Crippen LogP contribution in [0.5, 0.6) is 0 Å². The summed E-state index contributed by atoms with van der Waals surface area (Å²) in [5.41, 5.74) is 2.59. The third-order valence-corrected chi connectivity index (χ3v) is 3.56. The van der Waals surface area contributed by atoms with Crippen molar-refractivity contribution in [1.29, 1.82) is 0 Å². The summed E-state index contributed by atoms with van der Waals surface area (Å²) in [6.07, 6.45) is 3.16. The van der Waals surface area contributed by atoms with Gasteiger partial charge in [0.15, 0.2) is 12.7 Å². The molecule has 0 unspecified atom stereocenters. The maximum Gasteiger partial charge on any atom is 0.212 e. The lowest BCUT2D eigenvalue weighted by Crippen LogP contribution is -3.00. The van der Waals surface area contributed by atoms with Gasteiger partial charge in [-0.3, -0.25) is 0 Å². The molecule has 0 aliphatic heterocycles. The van der Waals surface area contributed by atoms with E-state index in [0.29, 0.717) is 0 Å². The summed E-state index contributed by atoms with van der Waals surface area (Å²) in [4.78, 5) is 0. The van der Waals surface area contributed by atoms with Gasteiger partial charge in [-0.25, -0.2) is 0 Å². The number of halogens is 2. The maximum atomic E-state index is 6.03. The molecular weight excluding hydrogens is 334 g/mol. The quantitative estimate of drug-likeness (QED) is 0.623. The summed E-state index contributed by atoms with van der Waals surface area (Å²) in [5.74, 6) is 0. The van der Waals surface area contributed by atoms with E-state index in [-0.39, 0.29) is 17.0 Å². The molecule has 1 aromatic heterocycles. The Morgan fingerprint density at radius 3 is 2.50 bits per heavy atom. The topological polar surface area (TPSA) is 3.88 Å². The lowest BCUT2D eigenvalue weighted by atomic mass is 10.1. The highest BCUT2D eigenvalue weighted by Crippen LogP contribution is 2.16. The Morgan fingerprint density at radius 2 is 1.70 bits per heavy atom. The Balaban J connectivity index is 0.00000147. The lowest BCUT2D eigenvalue weighted by molar-refractivity contribution is -0.670. The van der Waals surface area contributed by atoms with E-state index in [1.54, 1.807) is 0 Å². The summed E-state index contributed by atoms with van der Waals surface area (Å²) in [5, 5.41) is 1.97. The zero-order chi connectivity index (χ0) is 13.1. The molecule has 2 aromatic carbocycles. The molecule has 102 valence electrons. The molecule has 1 heterocycles. The van der Waals surface area contributed by atoms with Crippen molar-refractivity contribution in [2.45, 2.75) is 13.0 Å². The van der Waals surface area contributed by atoms with Crippen molar-refractivity contribution in [3.63, 3.8) is 0 Å². The molecule has 0 fully saturated rings. The van der Waals surface area contributed by atoms with E-state index in [0.717, 1.165) is 18.0 Å². The van der Waals surface area contributed by atoms with Gasteiger partial charge in [-0.1, -0.05) is 41.9 Å². The summed E-state index contributed by atoms with van der Waals surface area (Å²) in [6, 6.07) is 20.8. The van der Waals surface area contributed by atoms with Crippen LogP contribution in [0.3, 0.4) is 0 Å². The number of hydrogen-bond acceptors (Lipinski definition) is 0. The third kappa shape index (κ3) is 3.38. The van der Waals surface area contributed by atoms with E-state index >= 15 is 0 Å². The minimum atomic E-state index is 0. The molecule has 3 rings (SSSR count). The van der Waals surface area contributed by atoms with Crippen LogP contribution in [0.25, 0.3) is 10.9 Å². The SMILES string of the molecule is Clc1ccc2c(ccc[n+]2CCc2ccccc2)c1.[Br-]. The van der Waals surface area contributed by atoms with E-state index in [9.17, 15) is 0 Å². The zero-order valence-electron chi connectivity index (χ0n) is 11.0. The Morgan fingerprint density at radius 1 is 0.900 bits per heavy atom. The van der Waals surface area contributed by atoms with Crippen molar-refractivity contribution >= 4 is 22.5 Å². The predicted molar refractivity (Wildman–Crippen MR) is 79.3 cm³/mol. The third-order valence-electron chi connectivity index (χ3n) is 3.33. The number of rotatable bonds is 3. The fraction of sp³-hybridized carbons (Fsp3) is 0.118. The van der Waals surface area contributed by atoms with Crippen LogP contribution in [0.2, 0.25) is 5.02 Å². The van der Waals surface area contributed by atoms with Gasteiger partial charge in [0.2, 0.25) is 5.52 Å². The van der Waals surface area contributed by atoms with E-state index in [1.807, 2.05) is 12.1 Å². The van der Waals surface area contributed by atoms with Crippen LogP contribution in [0.4, 0.5) is 0 Å². The van der Waals surface area contributed by atoms with Gasteiger partial charge in [0, 0.05) is 29.0 Å². The molecule has 0 N–H and O–H groups in total. The van der Waals surface area contributed by atoms with Gasteiger partial charge in [-0.2, -0.15) is 4.57 Å². The number of fused-ring (bicyclic) bond motifs is 1. The average molecular weight is 349 g/mol. The van der Waals surface area contributed by atoms with Crippen LogP contribution in [0, 0.1) is 0 Å². The Labute approximate surface area is 134 Å². The van der Waals surface area contributed by atoms with Gasteiger partial charge >= 0.3 is 0 Å². The molecule has 3 heteroatoms. The largest absolute Gasteiger partial charge is 1.00 e. The van der Waals surface area contributed by atoms with Crippen LogP contribution >= 0.6 is 11.6 Å². The summed E-state index contributed by atoms with van der Waals surface area (Å²) in [6.45, 7) is 0.975. The highest BCUT2D eigenvalue weighted by Gasteiger charge is 2.08. The Kier molecular flexibility index (Phi) is 5.16. The lowest BCUT2D eigenvalue weighted by Gasteiger charge is -2.02. The number of nitrogens with zero attached hydrogens (tertiary/aromatic N) is 1. The van der Waals surface area contributed by atoms with Crippen LogP contribution < -0.4 is 21.5 Å². The minimum Gasteiger partial charge on any atom is -1.00 e. The highest BCUT2D eigenvalue weighted by molar-refractivity contribution is 6.31. The number of pyridine rings is 1. The molecule has 0 spiro atoms. The molecule has 1 nitrogen and oxygen atoms in total. The second-order valence-corrected chi connectivity index (χ2v) is 5.08. The van der Waals surface area contributed by atoms with Crippen LogP contribution in [-0.2, 0) is 13.0 Å². The fourth-order valence-corrected chi connectivity index (χ4v) is 2.52. The van der Waals surface area contributed by atoms with Crippen LogP contribution in [-0.4, -0.2) is 0 Å². The molecule has 0 amide bonds. The monoisotopic (exact) mass is 347 g/mol. The first-order chi connectivity index (χ1) is 9.33. The van der Waals surface area contributed by atoms with Crippen molar-refractivity contribution in [2.24, 2.45) is 0 Å². The Bertz CT molecular complexity index is 698. The first kappa shape index (κ1) is 15.0. The summed E-state index contributed by atoms with van der Waals surface area (Å²) < 4.78 is 2.28. The molecule has 0 saturated heterocycles. The first-order valence-corrected chi connectivity index (χ1v) is 6.82. The summed E-state index contributed by atoms with van der Waals surface area (Å²) >= 11 is 6.03. The van der Waals surface area contributed by atoms with Crippen molar-refractivity contribution in [1.82, 2.24) is 0 Å². The molecule has 0 radical (unpaired) electrons. The van der Waals surface area contributed by atoms with Crippen molar-refractivity contribution in [3.8, 4) is 0 Å². The normalized spacial score (nSPS) is 10.2. The second-order valence-electron chi connectivity index (χ2n) is 4.64. The van der Waals surface area contributed by atoms with Gasteiger partial charge in [0.1, 0.15) is 0 Å². The molecule has 3 aromatic rings. The van der Waals surface area contributed by atoms with Gasteiger partial charge in [0.25, 0.3) is 0 Å².